The molecule has 4 N–H and O–H groups in total. The number of piperidine rings is 1. The number of carbonyl (C=O) groups excluding carboxylic acids is 3. The van der Waals surface area contributed by atoms with Crippen LogP contribution < -0.4 is 21.3 Å². The lowest BCUT2D eigenvalue weighted by molar-refractivity contribution is -0.147. The van der Waals surface area contributed by atoms with Crippen molar-refractivity contribution in [2.45, 2.75) is 109 Å². The van der Waals surface area contributed by atoms with Gasteiger partial charge in [-0.15, -0.1) is 0 Å². The number of benzene rings is 1. The van der Waals surface area contributed by atoms with Gasteiger partial charge in [0.15, 0.2) is 0 Å². The van der Waals surface area contributed by atoms with Crippen molar-refractivity contribution >= 4 is 17.7 Å². The molecule has 0 unspecified atom stereocenters. The first-order chi connectivity index (χ1) is 20.0. The summed E-state index contributed by atoms with van der Waals surface area (Å²) >= 11 is 0. The number of amides is 3. The summed E-state index contributed by atoms with van der Waals surface area (Å²) in [7, 11) is 0. The SMILES string of the molecule is CC(C)(C)NC(=O)C1(C2CCCCC2)CCN(C(=O)[C@@H](Cc2ccc(F)cc2)NC(=O)[C@@H]2CN[C@H](C3CC3)CN2)CC1. The third kappa shape index (κ3) is 7.51. The average molecular weight is 584 g/mol. The summed E-state index contributed by atoms with van der Waals surface area (Å²) in [5.74, 6) is 0.461. The summed E-state index contributed by atoms with van der Waals surface area (Å²) in [5.41, 5.74) is -0.0101. The van der Waals surface area contributed by atoms with Crippen LogP contribution in [0.5, 0.6) is 0 Å². The molecule has 3 amide bonds. The topological polar surface area (TPSA) is 103 Å². The first-order valence-corrected chi connectivity index (χ1v) is 16.2. The van der Waals surface area contributed by atoms with Gasteiger partial charge in [-0.1, -0.05) is 31.4 Å². The zero-order valence-electron chi connectivity index (χ0n) is 25.6. The Morgan fingerprint density at radius 3 is 2.21 bits per heavy atom. The second kappa shape index (κ2) is 13.0. The van der Waals surface area contributed by atoms with Gasteiger partial charge < -0.3 is 26.2 Å². The molecule has 2 saturated heterocycles. The number of hydrogen-bond donors (Lipinski definition) is 4. The van der Waals surface area contributed by atoms with Crippen LogP contribution in [0.3, 0.4) is 0 Å². The average Bonchev–Trinajstić information content (AvgIpc) is 3.83. The Hall–Kier alpha value is -2.52. The van der Waals surface area contributed by atoms with E-state index in [0.717, 1.165) is 37.8 Å². The first-order valence-electron chi connectivity index (χ1n) is 16.2. The minimum Gasteiger partial charge on any atom is -0.351 e. The van der Waals surface area contributed by atoms with Gasteiger partial charge in [0.1, 0.15) is 11.9 Å². The number of likely N-dealkylation sites (tertiary alicyclic amines) is 1. The van der Waals surface area contributed by atoms with Crippen molar-refractivity contribution in [2.24, 2.45) is 17.3 Å². The van der Waals surface area contributed by atoms with Gasteiger partial charge in [0.2, 0.25) is 17.7 Å². The molecule has 0 radical (unpaired) electrons. The smallest absolute Gasteiger partial charge is 0.245 e. The van der Waals surface area contributed by atoms with Gasteiger partial charge in [0.05, 0.1) is 11.5 Å². The molecule has 232 valence electrons. The Bertz CT molecular complexity index is 1090. The van der Waals surface area contributed by atoms with Crippen molar-refractivity contribution in [3.05, 3.63) is 35.6 Å². The second-order valence-corrected chi connectivity index (χ2v) is 14.2. The molecule has 4 fully saturated rings. The molecular formula is C33H50FN5O3. The van der Waals surface area contributed by atoms with Gasteiger partial charge >= 0.3 is 0 Å². The van der Waals surface area contributed by atoms with Crippen LogP contribution in [-0.2, 0) is 20.8 Å². The van der Waals surface area contributed by atoms with E-state index in [2.05, 4.69) is 21.3 Å². The van der Waals surface area contributed by atoms with E-state index in [4.69, 9.17) is 0 Å². The van der Waals surface area contributed by atoms with E-state index in [0.29, 0.717) is 50.4 Å². The van der Waals surface area contributed by atoms with Crippen LogP contribution in [0.15, 0.2) is 24.3 Å². The number of nitrogens with zero attached hydrogens (tertiary/aromatic N) is 1. The van der Waals surface area contributed by atoms with Crippen molar-refractivity contribution < 1.29 is 18.8 Å². The third-order valence-corrected chi connectivity index (χ3v) is 9.94. The number of halogens is 1. The Kier molecular flexibility index (Phi) is 9.57. The maximum atomic E-state index is 14.0. The van der Waals surface area contributed by atoms with Crippen molar-refractivity contribution in [3.63, 3.8) is 0 Å². The largest absolute Gasteiger partial charge is 0.351 e. The van der Waals surface area contributed by atoms with Gasteiger partial charge in [-0.05, 0) is 88.8 Å². The van der Waals surface area contributed by atoms with E-state index in [1.54, 1.807) is 12.1 Å². The molecule has 2 aliphatic heterocycles. The molecule has 2 saturated carbocycles. The molecule has 9 heteroatoms. The summed E-state index contributed by atoms with van der Waals surface area (Å²) in [5, 5.41) is 13.2. The fourth-order valence-corrected chi connectivity index (χ4v) is 7.32. The van der Waals surface area contributed by atoms with Gasteiger partial charge in [0, 0.05) is 44.2 Å². The minimum absolute atomic E-state index is 0.116. The van der Waals surface area contributed by atoms with Crippen molar-refractivity contribution in [3.8, 4) is 0 Å². The van der Waals surface area contributed by atoms with Gasteiger partial charge in [-0.3, -0.25) is 14.4 Å². The lowest BCUT2D eigenvalue weighted by Gasteiger charge is -2.48. The Morgan fingerprint density at radius 1 is 0.976 bits per heavy atom. The number of hydrogen-bond acceptors (Lipinski definition) is 5. The molecule has 1 aromatic rings. The Labute approximate surface area is 250 Å². The predicted molar refractivity (Wildman–Crippen MR) is 161 cm³/mol. The van der Waals surface area contributed by atoms with E-state index in [1.807, 2.05) is 25.7 Å². The lowest BCUT2D eigenvalue weighted by atomic mass is 9.63. The second-order valence-electron chi connectivity index (χ2n) is 14.2. The summed E-state index contributed by atoms with van der Waals surface area (Å²) in [6.07, 6.45) is 9.63. The predicted octanol–water partition coefficient (Wildman–Crippen LogP) is 3.30. The van der Waals surface area contributed by atoms with Crippen molar-refractivity contribution in [1.29, 1.82) is 0 Å². The number of carbonyl (C=O) groups is 3. The maximum Gasteiger partial charge on any atom is 0.245 e. The molecule has 3 atom stereocenters. The van der Waals surface area contributed by atoms with Crippen LogP contribution in [-0.4, -0.2) is 72.5 Å². The zero-order valence-corrected chi connectivity index (χ0v) is 25.6. The van der Waals surface area contributed by atoms with Crippen LogP contribution in [0.4, 0.5) is 4.39 Å². The summed E-state index contributed by atoms with van der Waals surface area (Å²) < 4.78 is 13.6. The summed E-state index contributed by atoms with van der Waals surface area (Å²) in [4.78, 5) is 43.0. The molecule has 8 nitrogen and oxygen atoms in total. The van der Waals surface area contributed by atoms with Crippen LogP contribution in [0, 0.1) is 23.1 Å². The standard InChI is InChI=1S/C33H50FN5O3/c1-32(2,3)38-31(42)33(24-7-5-4-6-8-24)15-17-39(18-16-33)30(41)26(19-22-9-13-25(34)14-10-22)37-29(40)28-21-35-27(20-36-28)23-11-12-23/h9-10,13-14,23-24,26-28,35-36H,4-8,11-12,15-21H2,1-3H3,(H,37,40)(H,38,42)/t26-,27+,28+/m1/s1. The van der Waals surface area contributed by atoms with Crippen molar-refractivity contribution in [2.75, 3.05) is 26.2 Å². The molecule has 42 heavy (non-hydrogen) atoms. The lowest BCUT2D eigenvalue weighted by Crippen LogP contribution is -2.63. The Morgan fingerprint density at radius 2 is 1.64 bits per heavy atom. The summed E-state index contributed by atoms with van der Waals surface area (Å²) in [6, 6.07) is 5.33. The van der Waals surface area contributed by atoms with Crippen LogP contribution in [0.25, 0.3) is 0 Å². The molecule has 2 heterocycles. The van der Waals surface area contributed by atoms with Crippen LogP contribution >= 0.6 is 0 Å². The number of piperazine rings is 1. The van der Waals surface area contributed by atoms with E-state index in [9.17, 15) is 18.8 Å². The molecule has 4 aliphatic rings. The quantitative estimate of drug-likeness (QED) is 0.376. The highest BCUT2D eigenvalue weighted by Crippen LogP contribution is 2.46. The minimum atomic E-state index is -0.767. The fourth-order valence-electron chi connectivity index (χ4n) is 7.32. The summed E-state index contributed by atoms with van der Waals surface area (Å²) in [6.45, 7) is 8.28. The van der Waals surface area contributed by atoms with Crippen molar-refractivity contribution in [1.82, 2.24) is 26.2 Å². The number of nitrogens with one attached hydrogen (secondary N) is 4. The normalized spacial score (nSPS) is 25.9. The van der Waals surface area contributed by atoms with Gasteiger partial charge in [-0.25, -0.2) is 4.39 Å². The monoisotopic (exact) mass is 583 g/mol. The van der Waals surface area contributed by atoms with E-state index in [1.165, 1.54) is 31.4 Å². The molecular weight excluding hydrogens is 533 g/mol. The van der Waals surface area contributed by atoms with Crippen LogP contribution in [0.2, 0.25) is 0 Å². The highest BCUT2D eigenvalue weighted by Gasteiger charge is 2.49. The molecule has 2 aliphatic carbocycles. The molecule has 1 aromatic carbocycles. The van der Waals surface area contributed by atoms with E-state index < -0.39 is 17.5 Å². The van der Waals surface area contributed by atoms with Gasteiger partial charge in [-0.2, -0.15) is 0 Å². The maximum absolute atomic E-state index is 14.0. The van der Waals surface area contributed by atoms with E-state index >= 15 is 0 Å². The molecule has 0 aromatic heterocycles. The fraction of sp³-hybridized carbons (Fsp3) is 0.727. The Balaban J connectivity index is 1.28. The van der Waals surface area contributed by atoms with Crippen LogP contribution in [0.1, 0.15) is 84.1 Å². The molecule has 0 bridgehead atoms. The zero-order chi connectivity index (χ0) is 29.9. The number of rotatable bonds is 8. The van der Waals surface area contributed by atoms with Gasteiger partial charge in [0.25, 0.3) is 0 Å². The highest BCUT2D eigenvalue weighted by atomic mass is 19.1. The molecule has 5 rings (SSSR count). The molecule has 0 spiro atoms. The van der Waals surface area contributed by atoms with E-state index in [-0.39, 0.29) is 35.5 Å². The highest BCUT2D eigenvalue weighted by molar-refractivity contribution is 5.90. The third-order valence-electron chi connectivity index (χ3n) is 9.94. The first kappa shape index (κ1) is 30.9.